The number of methoxy groups -OCH3 is 1. The Balaban J connectivity index is 1.81. The Bertz CT molecular complexity index is 533. The summed E-state index contributed by atoms with van der Waals surface area (Å²) in [6, 6.07) is 5.48. The van der Waals surface area contributed by atoms with Crippen LogP contribution in [0.5, 0.6) is 11.5 Å². The zero-order chi connectivity index (χ0) is 14.3. The predicted octanol–water partition coefficient (Wildman–Crippen LogP) is 1.50. The number of carboxylic acid groups (broad SMARTS) is 1. The van der Waals surface area contributed by atoms with Gasteiger partial charge in [0, 0.05) is 13.1 Å². The minimum Gasteiger partial charge on any atom is -0.493 e. The van der Waals surface area contributed by atoms with Crippen LogP contribution in [0.1, 0.15) is 18.4 Å². The molecular formula is C15H19NO4. The lowest BCUT2D eigenvalue weighted by atomic mass is 9.96. The van der Waals surface area contributed by atoms with E-state index in [0.29, 0.717) is 24.3 Å². The molecule has 1 saturated heterocycles. The van der Waals surface area contributed by atoms with Crippen LogP contribution < -0.4 is 9.47 Å². The van der Waals surface area contributed by atoms with E-state index in [0.717, 1.165) is 18.7 Å². The number of carboxylic acids is 1. The van der Waals surface area contributed by atoms with Gasteiger partial charge in [-0.15, -0.1) is 0 Å². The highest BCUT2D eigenvalue weighted by molar-refractivity contribution is 5.85. The van der Waals surface area contributed by atoms with Crippen LogP contribution in [0.2, 0.25) is 0 Å². The number of aliphatic carboxylic acids is 1. The summed E-state index contributed by atoms with van der Waals surface area (Å²) in [4.78, 5) is 13.5. The van der Waals surface area contributed by atoms with Crippen molar-refractivity contribution in [3.63, 3.8) is 0 Å². The van der Waals surface area contributed by atoms with E-state index in [1.54, 1.807) is 13.2 Å². The number of hydrogen-bond donors (Lipinski definition) is 1. The van der Waals surface area contributed by atoms with Crippen molar-refractivity contribution < 1.29 is 19.4 Å². The predicted molar refractivity (Wildman–Crippen MR) is 73.5 cm³/mol. The maximum atomic E-state index is 11.4. The van der Waals surface area contributed by atoms with E-state index >= 15 is 0 Å². The van der Waals surface area contributed by atoms with Crippen LogP contribution >= 0.6 is 0 Å². The fourth-order valence-corrected chi connectivity index (χ4v) is 2.71. The Morgan fingerprint density at radius 1 is 1.35 bits per heavy atom. The summed E-state index contributed by atoms with van der Waals surface area (Å²) in [5.41, 5.74) is 0.0996. The molecular weight excluding hydrogens is 258 g/mol. The normalized spacial score (nSPS) is 21.1. The quantitative estimate of drug-likeness (QED) is 0.884. The number of hydrogen-bond acceptors (Lipinski definition) is 4. The summed E-state index contributed by atoms with van der Waals surface area (Å²) in [5.74, 6) is 0.550. The molecule has 1 aliphatic carbocycles. The molecule has 0 atom stereocenters. The molecule has 1 saturated carbocycles. The Kier molecular flexibility index (Phi) is 3.09. The van der Waals surface area contributed by atoms with Gasteiger partial charge >= 0.3 is 5.97 Å². The van der Waals surface area contributed by atoms with Gasteiger partial charge in [0.2, 0.25) is 0 Å². The Morgan fingerprint density at radius 2 is 2.05 bits per heavy atom. The highest BCUT2D eigenvalue weighted by Gasteiger charge is 2.52. The van der Waals surface area contributed by atoms with E-state index in [4.69, 9.17) is 9.47 Å². The van der Waals surface area contributed by atoms with Gasteiger partial charge in [-0.1, -0.05) is 6.07 Å². The first-order chi connectivity index (χ1) is 9.55. The largest absolute Gasteiger partial charge is 0.493 e. The van der Waals surface area contributed by atoms with Crippen molar-refractivity contribution in [3.05, 3.63) is 23.8 Å². The van der Waals surface area contributed by atoms with Gasteiger partial charge in [0.25, 0.3) is 0 Å². The first kappa shape index (κ1) is 13.2. The van der Waals surface area contributed by atoms with E-state index in [-0.39, 0.29) is 6.10 Å². The number of ether oxygens (including phenoxy) is 2. The molecule has 1 aliphatic heterocycles. The monoisotopic (exact) mass is 277 g/mol. The molecule has 0 bridgehead atoms. The second kappa shape index (κ2) is 4.66. The minimum atomic E-state index is -0.756. The van der Waals surface area contributed by atoms with E-state index < -0.39 is 11.4 Å². The van der Waals surface area contributed by atoms with Gasteiger partial charge in [0.1, 0.15) is 6.10 Å². The van der Waals surface area contributed by atoms with Crippen LogP contribution in [-0.4, -0.2) is 49.3 Å². The standard InChI is InChI=1S/C15H19NO4/c1-16-8-11(9-16)20-12-4-3-10(7-13(12)19-2)15(5-6-15)14(17)18/h3-4,7,11H,5-6,8-9H2,1-2H3,(H,17,18). The minimum absolute atomic E-state index is 0.189. The topological polar surface area (TPSA) is 59.0 Å². The second-order valence-electron chi connectivity index (χ2n) is 5.71. The third-order valence-corrected chi connectivity index (χ3v) is 4.20. The molecule has 0 amide bonds. The molecule has 20 heavy (non-hydrogen) atoms. The second-order valence-corrected chi connectivity index (χ2v) is 5.71. The van der Waals surface area contributed by atoms with Crippen molar-refractivity contribution in [1.82, 2.24) is 4.90 Å². The lowest BCUT2D eigenvalue weighted by molar-refractivity contribution is -0.140. The molecule has 0 aromatic heterocycles. The molecule has 1 N–H and O–H groups in total. The number of carbonyl (C=O) groups is 1. The highest BCUT2D eigenvalue weighted by Crippen LogP contribution is 2.50. The average Bonchev–Trinajstić information content (AvgIpc) is 3.18. The van der Waals surface area contributed by atoms with Crippen molar-refractivity contribution in [2.75, 3.05) is 27.2 Å². The third-order valence-electron chi connectivity index (χ3n) is 4.20. The molecule has 1 heterocycles. The SMILES string of the molecule is COc1cc(C2(C(=O)O)CC2)ccc1OC1CN(C)C1. The first-order valence-electron chi connectivity index (χ1n) is 6.82. The number of rotatable bonds is 5. The lowest BCUT2D eigenvalue weighted by Crippen LogP contribution is -2.51. The molecule has 5 nitrogen and oxygen atoms in total. The van der Waals surface area contributed by atoms with Crippen LogP contribution in [0.4, 0.5) is 0 Å². The summed E-state index contributed by atoms with van der Waals surface area (Å²) in [5, 5.41) is 9.33. The smallest absolute Gasteiger partial charge is 0.314 e. The number of likely N-dealkylation sites (tertiary alicyclic amines) is 1. The number of nitrogens with zero attached hydrogens (tertiary/aromatic N) is 1. The average molecular weight is 277 g/mol. The maximum absolute atomic E-state index is 11.4. The summed E-state index contributed by atoms with van der Waals surface area (Å²) < 4.78 is 11.2. The lowest BCUT2D eigenvalue weighted by Gasteiger charge is -2.36. The van der Waals surface area contributed by atoms with Gasteiger partial charge in [-0.05, 0) is 37.6 Å². The number of likely N-dealkylation sites (N-methyl/N-ethyl adjacent to an activating group) is 1. The molecule has 5 heteroatoms. The zero-order valence-corrected chi connectivity index (χ0v) is 11.8. The first-order valence-corrected chi connectivity index (χ1v) is 6.82. The van der Waals surface area contributed by atoms with Crippen LogP contribution in [0.25, 0.3) is 0 Å². The molecule has 2 fully saturated rings. The van der Waals surface area contributed by atoms with Gasteiger partial charge in [-0.25, -0.2) is 0 Å². The van der Waals surface area contributed by atoms with Gasteiger partial charge < -0.3 is 14.6 Å². The van der Waals surface area contributed by atoms with Crippen molar-refractivity contribution in [1.29, 1.82) is 0 Å². The maximum Gasteiger partial charge on any atom is 0.314 e. The van der Waals surface area contributed by atoms with Crippen molar-refractivity contribution in [2.24, 2.45) is 0 Å². The molecule has 3 rings (SSSR count). The summed E-state index contributed by atoms with van der Waals surface area (Å²) in [6.07, 6.45) is 1.58. The highest BCUT2D eigenvalue weighted by atomic mass is 16.5. The molecule has 2 aliphatic rings. The molecule has 0 radical (unpaired) electrons. The number of benzene rings is 1. The summed E-state index contributed by atoms with van der Waals surface area (Å²) in [6.45, 7) is 1.81. The fourth-order valence-electron chi connectivity index (χ4n) is 2.71. The van der Waals surface area contributed by atoms with Crippen molar-refractivity contribution in [2.45, 2.75) is 24.4 Å². The van der Waals surface area contributed by atoms with Crippen molar-refractivity contribution >= 4 is 5.97 Å². The molecule has 1 aromatic rings. The zero-order valence-electron chi connectivity index (χ0n) is 11.8. The third kappa shape index (κ3) is 2.12. The van der Waals surface area contributed by atoms with Gasteiger partial charge in [0.15, 0.2) is 11.5 Å². The van der Waals surface area contributed by atoms with E-state index in [2.05, 4.69) is 4.90 Å². The van der Waals surface area contributed by atoms with Crippen LogP contribution in [0.3, 0.4) is 0 Å². The Morgan fingerprint density at radius 3 is 2.55 bits per heavy atom. The van der Waals surface area contributed by atoms with Gasteiger partial charge in [-0.3, -0.25) is 9.69 Å². The van der Waals surface area contributed by atoms with Gasteiger partial charge in [0.05, 0.1) is 12.5 Å². The molecule has 0 unspecified atom stereocenters. The van der Waals surface area contributed by atoms with Crippen LogP contribution in [0.15, 0.2) is 18.2 Å². The van der Waals surface area contributed by atoms with E-state index in [9.17, 15) is 9.90 Å². The van der Waals surface area contributed by atoms with E-state index in [1.807, 2.05) is 19.2 Å². The molecule has 1 aromatic carbocycles. The Hall–Kier alpha value is -1.75. The summed E-state index contributed by atoms with van der Waals surface area (Å²) in [7, 11) is 3.63. The van der Waals surface area contributed by atoms with Crippen molar-refractivity contribution in [3.8, 4) is 11.5 Å². The fraction of sp³-hybridized carbons (Fsp3) is 0.533. The van der Waals surface area contributed by atoms with Crippen LogP contribution in [-0.2, 0) is 10.2 Å². The van der Waals surface area contributed by atoms with E-state index in [1.165, 1.54) is 0 Å². The van der Waals surface area contributed by atoms with Gasteiger partial charge in [-0.2, -0.15) is 0 Å². The van der Waals surface area contributed by atoms with Crippen LogP contribution in [0, 0.1) is 0 Å². The molecule has 108 valence electrons. The Labute approximate surface area is 118 Å². The molecule has 0 spiro atoms. The summed E-state index contributed by atoms with van der Waals surface area (Å²) >= 11 is 0.